The van der Waals surface area contributed by atoms with E-state index in [-0.39, 0.29) is 12.3 Å². The fraction of sp³-hybridized carbons (Fsp3) is 0.263. The average molecular weight is 308 g/mol. The Kier molecular flexibility index (Phi) is 5.76. The third-order valence-corrected chi connectivity index (χ3v) is 3.67. The second-order valence-corrected chi connectivity index (χ2v) is 5.48. The van der Waals surface area contributed by atoms with E-state index >= 15 is 0 Å². The van der Waals surface area contributed by atoms with Crippen molar-refractivity contribution in [2.24, 2.45) is 5.73 Å². The number of amides is 2. The fourth-order valence-corrected chi connectivity index (χ4v) is 2.47. The van der Waals surface area contributed by atoms with E-state index < -0.39 is 11.9 Å². The molecule has 0 saturated carbocycles. The van der Waals surface area contributed by atoms with Crippen LogP contribution in [0.4, 0.5) is 0 Å². The van der Waals surface area contributed by atoms with Crippen molar-refractivity contribution in [2.75, 3.05) is 0 Å². The Labute approximate surface area is 136 Å². The largest absolute Gasteiger partial charge is 0.368 e. The molecule has 23 heavy (non-hydrogen) atoms. The number of hydrogen-bond acceptors (Lipinski definition) is 2. The minimum atomic E-state index is -0.670. The van der Waals surface area contributed by atoms with Crippen molar-refractivity contribution in [2.45, 2.75) is 31.7 Å². The van der Waals surface area contributed by atoms with Crippen LogP contribution in [-0.2, 0) is 16.0 Å². The van der Waals surface area contributed by atoms with Crippen LogP contribution in [0.2, 0.25) is 0 Å². The van der Waals surface area contributed by atoms with Crippen LogP contribution in [0.25, 0.3) is 10.8 Å². The van der Waals surface area contributed by atoms with Gasteiger partial charge >= 0.3 is 0 Å². The smallest absolute Gasteiger partial charge is 0.240 e. The molecule has 0 saturated heterocycles. The van der Waals surface area contributed by atoms with Gasteiger partial charge in [0.25, 0.3) is 0 Å². The van der Waals surface area contributed by atoms with Gasteiger partial charge in [0.05, 0.1) is 6.42 Å². The molecule has 0 aliphatic heterocycles. The standard InChI is InChI=1S/C19H20N2O2/c1-2-3-4-9-17(19(20)23)21-18(22)13-14-10-11-15-7-5-6-8-16(15)12-14/h1,5-8,10-12,17H,3-4,9,13H2,(H2,20,23)(H,21,22)/t17-/m1/s1. The third-order valence-electron chi connectivity index (χ3n) is 3.67. The summed E-state index contributed by atoms with van der Waals surface area (Å²) in [5.74, 6) is 1.76. The third kappa shape index (κ3) is 4.86. The van der Waals surface area contributed by atoms with E-state index in [4.69, 9.17) is 12.2 Å². The Bertz CT molecular complexity index is 746. The molecule has 0 radical (unpaired) electrons. The normalized spacial score (nSPS) is 11.6. The number of carbonyl (C=O) groups excluding carboxylic acids is 2. The highest BCUT2D eigenvalue weighted by Gasteiger charge is 2.17. The number of rotatable bonds is 7. The van der Waals surface area contributed by atoms with Gasteiger partial charge < -0.3 is 11.1 Å². The molecule has 0 fully saturated rings. The summed E-state index contributed by atoms with van der Waals surface area (Å²) in [5, 5.41) is 4.90. The first kappa shape index (κ1) is 16.6. The van der Waals surface area contributed by atoms with Crippen LogP contribution < -0.4 is 11.1 Å². The Balaban J connectivity index is 1.98. The summed E-state index contributed by atoms with van der Waals surface area (Å²) in [6.45, 7) is 0. The van der Waals surface area contributed by atoms with E-state index in [1.165, 1.54) is 0 Å². The lowest BCUT2D eigenvalue weighted by molar-refractivity contribution is -0.127. The lowest BCUT2D eigenvalue weighted by atomic mass is 10.0. The van der Waals surface area contributed by atoms with Crippen molar-refractivity contribution < 1.29 is 9.59 Å². The zero-order chi connectivity index (χ0) is 16.7. The van der Waals surface area contributed by atoms with Gasteiger partial charge in [0.1, 0.15) is 6.04 Å². The van der Waals surface area contributed by atoms with Crippen LogP contribution in [0.15, 0.2) is 42.5 Å². The first-order chi connectivity index (χ1) is 11.1. The van der Waals surface area contributed by atoms with Crippen LogP contribution >= 0.6 is 0 Å². The molecule has 2 amide bonds. The molecule has 0 heterocycles. The van der Waals surface area contributed by atoms with Gasteiger partial charge in [-0.1, -0.05) is 42.5 Å². The predicted molar refractivity (Wildman–Crippen MR) is 91.5 cm³/mol. The number of fused-ring (bicyclic) bond motifs is 1. The molecule has 0 spiro atoms. The SMILES string of the molecule is C#CCCC[C@@H](NC(=O)Cc1ccc2ccccc2c1)C(N)=O. The predicted octanol–water partition coefficient (Wildman–Crippen LogP) is 2.16. The number of hydrogen-bond donors (Lipinski definition) is 2. The second-order valence-electron chi connectivity index (χ2n) is 5.48. The maximum absolute atomic E-state index is 12.1. The summed E-state index contributed by atoms with van der Waals surface area (Å²) in [7, 11) is 0. The molecule has 1 atom stereocenters. The minimum absolute atomic E-state index is 0.212. The van der Waals surface area contributed by atoms with Gasteiger partial charge in [-0.2, -0.15) is 0 Å². The lowest BCUT2D eigenvalue weighted by Gasteiger charge is -2.15. The highest BCUT2D eigenvalue weighted by molar-refractivity contribution is 5.88. The Hall–Kier alpha value is -2.80. The van der Waals surface area contributed by atoms with Gasteiger partial charge in [-0.25, -0.2) is 0 Å². The van der Waals surface area contributed by atoms with Crippen molar-refractivity contribution in [1.82, 2.24) is 5.32 Å². The molecular weight excluding hydrogens is 288 g/mol. The summed E-state index contributed by atoms with van der Waals surface area (Å²) in [6, 6.07) is 13.2. The van der Waals surface area contributed by atoms with Crippen molar-refractivity contribution in [3.8, 4) is 12.3 Å². The number of terminal acetylenes is 1. The molecule has 0 aliphatic rings. The fourth-order valence-electron chi connectivity index (χ4n) is 2.47. The lowest BCUT2D eigenvalue weighted by Crippen LogP contribution is -2.44. The van der Waals surface area contributed by atoms with E-state index in [0.29, 0.717) is 19.3 Å². The highest BCUT2D eigenvalue weighted by atomic mass is 16.2. The van der Waals surface area contributed by atoms with Crippen LogP contribution in [-0.4, -0.2) is 17.9 Å². The van der Waals surface area contributed by atoms with Crippen LogP contribution in [0.1, 0.15) is 24.8 Å². The van der Waals surface area contributed by atoms with Crippen LogP contribution in [0.5, 0.6) is 0 Å². The summed E-state index contributed by atoms with van der Waals surface area (Å²) in [6.07, 6.45) is 7.07. The van der Waals surface area contributed by atoms with Gasteiger partial charge in [-0.3, -0.25) is 9.59 Å². The number of nitrogens with one attached hydrogen (secondary N) is 1. The number of primary amides is 1. The number of carbonyl (C=O) groups is 2. The highest BCUT2D eigenvalue weighted by Crippen LogP contribution is 2.16. The van der Waals surface area contributed by atoms with E-state index in [1.54, 1.807) is 0 Å². The van der Waals surface area contributed by atoms with Crippen LogP contribution in [0.3, 0.4) is 0 Å². The Morgan fingerprint density at radius 2 is 1.91 bits per heavy atom. The molecule has 2 aromatic rings. The van der Waals surface area contributed by atoms with E-state index in [2.05, 4.69) is 11.2 Å². The number of nitrogens with two attached hydrogens (primary N) is 1. The van der Waals surface area contributed by atoms with Crippen molar-refractivity contribution in [3.05, 3.63) is 48.0 Å². The first-order valence-electron chi connectivity index (χ1n) is 7.60. The molecule has 4 nitrogen and oxygen atoms in total. The topological polar surface area (TPSA) is 72.2 Å². The van der Waals surface area contributed by atoms with E-state index in [9.17, 15) is 9.59 Å². The molecule has 3 N–H and O–H groups in total. The monoisotopic (exact) mass is 308 g/mol. The first-order valence-corrected chi connectivity index (χ1v) is 7.60. The maximum Gasteiger partial charge on any atom is 0.240 e. The quantitative estimate of drug-likeness (QED) is 0.608. The molecule has 118 valence electrons. The number of benzene rings is 2. The Morgan fingerprint density at radius 3 is 2.61 bits per heavy atom. The van der Waals surface area contributed by atoms with Crippen molar-refractivity contribution in [3.63, 3.8) is 0 Å². The van der Waals surface area contributed by atoms with Gasteiger partial charge in [0, 0.05) is 6.42 Å². The molecule has 0 aliphatic carbocycles. The molecular formula is C19H20N2O2. The zero-order valence-electron chi connectivity index (χ0n) is 12.9. The molecule has 0 aromatic heterocycles. The van der Waals surface area contributed by atoms with Crippen LogP contribution in [0, 0.1) is 12.3 Å². The second kappa shape index (κ2) is 8.00. The average Bonchev–Trinajstić information content (AvgIpc) is 2.54. The van der Waals surface area contributed by atoms with Gasteiger partial charge in [0.15, 0.2) is 0 Å². The van der Waals surface area contributed by atoms with Gasteiger partial charge in [-0.05, 0) is 29.2 Å². The van der Waals surface area contributed by atoms with Crippen molar-refractivity contribution in [1.29, 1.82) is 0 Å². The summed E-state index contributed by atoms with van der Waals surface area (Å²) in [4.78, 5) is 23.5. The molecule has 2 aromatic carbocycles. The maximum atomic E-state index is 12.1. The molecule has 2 rings (SSSR count). The molecule has 0 bridgehead atoms. The zero-order valence-corrected chi connectivity index (χ0v) is 12.9. The summed E-state index contributed by atoms with van der Waals surface area (Å²) < 4.78 is 0. The minimum Gasteiger partial charge on any atom is -0.368 e. The van der Waals surface area contributed by atoms with Gasteiger partial charge in [-0.15, -0.1) is 12.3 Å². The number of unbranched alkanes of at least 4 members (excludes halogenated alkanes) is 1. The molecule has 4 heteroatoms. The molecule has 0 unspecified atom stereocenters. The Morgan fingerprint density at radius 1 is 1.17 bits per heavy atom. The van der Waals surface area contributed by atoms with Crippen molar-refractivity contribution >= 4 is 22.6 Å². The van der Waals surface area contributed by atoms with Gasteiger partial charge in [0.2, 0.25) is 11.8 Å². The van der Waals surface area contributed by atoms with E-state index in [0.717, 1.165) is 16.3 Å². The summed E-state index contributed by atoms with van der Waals surface area (Å²) >= 11 is 0. The summed E-state index contributed by atoms with van der Waals surface area (Å²) in [5.41, 5.74) is 6.23. The van der Waals surface area contributed by atoms with E-state index in [1.807, 2.05) is 42.5 Å².